The van der Waals surface area contributed by atoms with E-state index in [-0.39, 0.29) is 0 Å². The Morgan fingerprint density at radius 1 is 1.58 bits per heavy atom. The van der Waals surface area contributed by atoms with Crippen LogP contribution < -0.4 is 0 Å². The van der Waals surface area contributed by atoms with E-state index < -0.39 is 5.72 Å². The first-order valence-electron chi connectivity index (χ1n) is 4.24. The maximum Gasteiger partial charge on any atom is 0.156 e. The standard InChI is InChI=1S/C8H15N3O/c1-4-7-6-11(10-9-7)8(3,12)5-2/h6,12H,4-5H2,1-3H3. The molecule has 0 radical (unpaired) electrons. The summed E-state index contributed by atoms with van der Waals surface area (Å²) in [5.41, 5.74) is 0.00387. The molecule has 0 aliphatic carbocycles. The van der Waals surface area contributed by atoms with Gasteiger partial charge in [0.2, 0.25) is 0 Å². The molecule has 0 bridgehead atoms. The molecule has 4 heteroatoms. The van der Waals surface area contributed by atoms with Gasteiger partial charge in [-0.3, -0.25) is 0 Å². The zero-order valence-electron chi connectivity index (χ0n) is 7.78. The van der Waals surface area contributed by atoms with E-state index in [1.165, 1.54) is 4.68 Å². The summed E-state index contributed by atoms with van der Waals surface area (Å²) in [6, 6.07) is 0. The van der Waals surface area contributed by atoms with Crippen LogP contribution in [0.1, 0.15) is 32.9 Å². The van der Waals surface area contributed by atoms with E-state index >= 15 is 0 Å². The van der Waals surface area contributed by atoms with E-state index in [0.717, 1.165) is 12.1 Å². The van der Waals surface area contributed by atoms with Gasteiger partial charge in [-0.15, -0.1) is 5.10 Å². The Kier molecular flexibility index (Phi) is 2.47. The molecule has 1 unspecified atom stereocenters. The number of hydrogen-bond acceptors (Lipinski definition) is 3. The van der Waals surface area contributed by atoms with Gasteiger partial charge in [-0.05, 0) is 19.8 Å². The van der Waals surface area contributed by atoms with Crippen LogP contribution in [0.5, 0.6) is 0 Å². The molecule has 0 saturated heterocycles. The largest absolute Gasteiger partial charge is 0.369 e. The zero-order valence-corrected chi connectivity index (χ0v) is 7.78. The summed E-state index contributed by atoms with van der Waals surface area (Å²) in [5.74, 6) is 0. The lowest BCUT2D eigenvalue weighted by Crippen LogP contribution is -2.29. The Balaban J connectivity index is 2.88. The molecule has 68 valence electrons. The average molecular weight is 169 g/mol. The van der Waals surface area contributed by atoms with Gasteiger partial charge in [-0.1, -0.05) is 19.1 Å². The van der Waals surface area contributed by atoms with Crippen molar-refractivity contribution in [1.82, 2.24) is 15.0 Å². The van der Waals surface area contributed by atoms with E-state index in [0.29, 0.717) is 6.42 Å². The van der Waals surface area contributed by atoms with Crippen molar-refractivity contribution in [2.45, 2.75) is 39.3 Å². The van der Waals surface area contributed by atoms with Crippen molar-refractivity contribution in [2.75, 3.05) is 0 Å². The van der Waals surface area contributed by atoms with Gasteiger partial charge in [0.05, 0.1) is 11.9 Å². The molecule has 0 spiro atoms. The second kappa shape index (κ2) is 3.23. The van der Waals surface area contributed by atoms with E-state index in [2.05, 4.69) is 10.3 Å². The number of aryl methyl sites for hydroxylation is 1. The van der Waals surface area contributed by atoms with Gasteiger partial charge >= 0.3 is 0 Å². The highest BCUT2D eigenvalue weighted by Gasteiger charge is 2.21. The molecule has 1 aromatic heterocycles. The van der Waals surface area contributed by atoms with Crippen LogP contribution in [0.2, 0.25) is 0 Å². The molecule has 1 rings (SSSR count). The molecule has 0 aromatic carbocycles. The lowest BCUT2D eigenvalue weighted by molar-refractivity contribution is -0.0350. The van der Waals surface area contributed by atoms with Crippen LogP contribution in [0.3, 0.4) is 0 Å². The van der Waals surface area contributed by atoms with Gasteiger partial charge in [0.25, 0.3) is 0 Å². The lowest BCUT2D eigenvalue weighted by Gasteiger charge is -2.20. The summed E-state index contributed by atoms with van der Waals surface area (Å²) >= 11 is 0. The van der Waals surface area contributed by atoms with Gasteiger partial charge in [0, 0.05) is 0 Å². The summed E-state index contributed by atoms with van der Waals surface area (Å²) in [5, 5.41) is 17.5. The monoisotopic (exact) mass is 169 g/mol. The third kappa shape index (κ3) is 1.64. The zero-order chi connectivity index (χ0) is 9.19. The van der Waals surface area contributed by atoms with Crippen molar-refractivity contribution < 1.29 is 5.11 Å². The van der Waals surface area contributed by atoms with Crippen molar-refractivity contribution in [2.24, 2.45) is 0 Å². The normalized spacial score (nSPS) is 16.0. The fraction of sp³-hybridized carbons (Fsp3) is 0.750. The first-order valence-corrected chi connectivity index (χ1v) is 4.24. The highest BCUT2D eigenvalue weighted by atomic mass is 16.3. The molecule has 0 aliphatic rings. The first kappa shape index (κ1) is 9.19. The number of hydrogen-bond donors (Lipinski definition) is 1. The van der Waals surface area contributed by atoms with Crippen LogP contribution in [0.4, 0.5) is 0 Å². The van der Waals surface area contributed by atoms with E-state index in [4.69, 9.17) is 0 Å². The predicted molar refractivity (Wildman–Crippen MR) is 45.6 cm³/mol. The van der Waals surface area contributed by atoms with Crippen LogP contribution >= 0.6 is 0 Å². The number of aromatic nitrogens is 3. The molecule has 12 heavy (non-hydrogen) atoms. The number of nitrogens with zero attached hydrogens (tertiary/aromatic N) is 3. The van der Waals surface area contributed by atoms with E-state index in [9.17, 15) is 5.11 Å². The topological polar surface area (TPSA) is 50.9 Å². The Hall–Kier alpha value is -0.900. The Bertz CT molecular complexity index is 255. The molecule has 1 heterocycles. The molecule has 1 atom stereocenters. The molecular formula is C8H15N3O. The second-order valence-corrected chi connectivity index (χ2v) is 3.08. The molecular weight excluding hydrogens is 154 g/mol. The molecule has 0 amide bonds. The highest BCUT2D eigenvalue weighted by Crippen LogP contribution is 2.14. The molecule has 0 aliphatic heterocycles. The summed E-state index contributed by atoms with van der Waals surface area (Å²) in [6.45, 7) is 5.64. The van der Waals surface area contributed by atoms with Gasteiger partial charge in [-0.25, -0.2) is 4.68 Å². The highest BCUT2D eigenvalue weighted by molar-refractivity contribution is 4.92. The number of rotatable bonds is 3. The molecule has 0 saturated carbocycles. The van der Waals surface area contributed by atoms with Crippen LogP contribution in [-0.4, -0.2) is 20.1 Å². The van der Waals surface area contributed by atoms with Gasteiger partial charge in [0.1, 0.15) is 0 Å². The fourth-order valence-corrected chi connectivity index (χ4v) is 0.858. The maximum atomic E-state index is 9.76. The average Bonchev–Trinajstić information content (AvgIpc) is 2.52. The summed E-state index contributed by atoms with van der Waals surface area (Å²) < 4.78 is 1.51. The number of aliphatic hydroxyl groups is 1. The molecule has 1 N–H and O–H groups in total. The van der Waals surface area contributed by atoms with Crippen LogP contribution in [0, 0.1) is 0 Å². The Morgan fingerprint density at radius 2 is 2.25 bits per heavy atom. The Labute approximate surface area is 72.2 Å². The SMILES string of the molecule is CCc1cn(C(C)(O)CC)nn1. The minimum absolute atomic E-state index is 0.625. The van der Waals surface area contributed by atoms with Gasteiger partial charge < -0.3 is 5.11 Å². The lowest BCUT2D eigenvalue weighted by atomic mass is 10.2. The van der Waals surface area contributed by atoms with Crippen molar-refractivity contribution in [1.29, 1.82) is 0 Å². The molecule has 4 nitrogen and oxygen atoms in total. The minimum atomic E-state index is -0.902. The van der Waals surface area contributed by atoms with E-state index in [1.54, 1.807) is 13.1 Å². The van der Waals surface area contributed by atoms with E-state index in [1.807, 2.05) is 13.8 Å². The second-order valence-electron chi connectivity index (χ2n) is 3.08. The van der Waals surface area contributed by atoms with Crippen molar-refractivity contribution in [3.63, 3.8) is 0 Å². The first-order chi connectivity index (χ1) is 5.60. The van der Waals surface area contributed by atoms with Crippen LogP contribution in [0.15, 0.2) is 6.20 Å². The van der Waals surface area contributed by atoms with Gasteiger partial charge in [-0.2, -0.15) is 0 Å². The third-order valence-corrected chi connectivity index (χ3v) is 2.07. The third-order valence-electron chi connectivity index (χ3n) is 2.07. The molecule has 1 aromatic rings. The maximum absolute atomic E-state index is 9.76. The fourth-order valence-electron chi connectivity index (χ4n) is 0.858. The van der Waals surface area contributed by atoms with Crippen molar-refractivity contribution >= 4 is 0 Å². The van der Waals surface area contributed by atoms with Crippen LogP contribution in [0.25, 0.3) is 0 Å². The molecule has 0 fully saturated rings. The Morgan fingerprint density at radius 3 is 2.67 bits per heavy atom. The summed E-state index contributed by atoms with van der Waals surface area (Å²) in [6.07, 6.45) is 3.25. The predicted octanol–water partition coefficient (Wildman–Crippen LogP) is 0.915. The van der Waals surface area contributed by atoms with Crippen molar-refractivity contribution in [3.05, 3.63) is 11.9 Å². The van der Waals surface area contributed by atoms with Crippen LogP contribution in [-0.2, 0) is 12.1 Å². The summed E-state index contributed by atoms with van der Waals surface area (Å²) in [4.78, 5) is 0. The summed E-state index contributed by atoms with van der Waals surface area (Å²) in [7, 11) is 0. The quantitative estimate of drug-likeness (QED) is 0.731. The van der Waals surface area contributed by atoms with Crippen molar-refractivity contribution in [3.8, 4) is 0 Å². The smallest absolute Gasteiger partial charge is 0.156 e. The van der Waals surface area contributed by atoms with Gasteiger partial charge in [0.15, 0.2) is 5.72 Å². The minimum Gasteiger partial charge on any atom is -0.369 e.